The normalized spacial score (nSPS) is 23.8. The van der Waals surface area contributed by atoms with Crippen molar-refractivity contribution < 1.29 is 13.2 Å². The topological polar surface area (TPSA) is 44.1 Å². The number of likely N-dealkylation sites (tertiary alicyclic amines) is 1. The molecule has 0 amide bonds. The van der Waals surface area contributed by atoms with E-state index in [0.29, 0.717) is 47.0 Å². The first-order valence-corrected chi connectivity index (χ1v) is 15.0. The molecular weight excluding hydrogens is 531 g/mol. The van der Waals surface area contributed by atoms with Crippen molar-refractivity contribution in [3.63, 3.8) is 0 Å². The highest BCUT2D eigenvalue weighted by atomic mass is 35.5. The van der Waals surface area contributed by atoms with Gasteiger partial charge in [0.25, 0.3) is 6.43 Å². The minimum Gasteiger partial charge on any atom is -0.316 e. The molecule has 2 aromatic rings. The van der Waals surface area contributed by atoms with Crippen LogP contribution in [0.5, 0.6) is 0 Å². The molecule has 1 aromatic carbocycles. The summed E-state index contributed by atoms with van der Waals surface area (Å²) in [4.78, 5) is 7.19. The van der Waals surface area contributed by atoms with Gasteiger partial charge in [-0.15, -0.1) is 0 Å². The van der Waals surface area contributed by atoms with Gasteiger partial charge in [0.2, 0.25) is 0 Å². The lowest BCUT2D eigenvalue weighted by Crippen LogP contribution is -2.44. The third kappa shape index (κ3) is 6.49. The Bertz CT molecular complexity index is 1190. The van der Waals surface area contributed by atoms with Gasteiger partial charge in [-0.2, -0.15) is 10.2 Å². The fourth-order valence-corrected chi connectivity index (χ4v) is 7.50. The summed E-state index contributed by atoms with van der Waals surface area (Å²) in [5.41, 5.74) is 2.85. The van der Waals surface area contributed by atoms with Gasteiger partial charge in [0.1, 0.15) is 11.9 Å². The predicted molar refractivity (Wildman–Crippen MR) is 153 cm³/mol. The summed E-state index contributed by atoms with van der Waals surface area (Å²) in [5.74, 6) is 4.63. The molecule has 38 heavy (non-hydrogen) atoms. The largest absolute Gasteiger partial charge is 0.316 e. The molecule has 3 aliphatic rings. The molecule has 0 N–H and O–H groups in total. The lowest BCUT2D eigenvalue weighted by molar-refractivity contribution is 0.104. The molecular formula is C28H33ClF3N5S. The summed E-state index contributed by atoms with van der Waals surface area (Å²) >= 11 is 6.35. The van der Waals surface area contributed by atoms with Crippen molar-refractivity contribution in [1.82, 2.24) is 9.88 Å². The fraction of sp³-hybridized carbons (Fsp3) is 0.500. The molecule has 1 saturated heterocycles. The van der Waals surface area contributed by atoms with Gasteiger partial charge in [-0.1, -0.05) is 34.2 Å². The maximum atomic E-state index is 13.6. The maximum Gasteiger partial charge on any atom is 0.278 e. The fourth-order valence-electron chi connectivity index (χ4n) is 5.52. The van der Waals surface area contributed by atoms with Crippen LogP contribution in [0.2, 0.25) is 5.02 Å². The van der Waals surface area contributed by atoms with Gasteiger partial charge in [0.05, 0.1) is 18.0 Å². The summed E-state index contributed by atoms with van der Waals surface area (Å²) in [5, 5.41) is 8.62. The Morgan fingerprint density at radius 1 is 1.05 bits per heavy atom. The molecule has 1 aromatic heterocycles. The molecule has 0 radical (unpaired) electrons. The molecule has 5 nitrogen and oxygen atoms in total. The molecule has 1 saturated carbocycles. The lowest BCUT2D eigenvalue weighted by atomic mass is 9.91. The zero-order valence-electron chi connectivity index (χ0n) is 21.3. The monoisotopic (exact) mass is 563 g/mol. The van der Waals surface area contributed by atoms with E-state index in [4.69, 9.17) is 11.6 Å². The van der Waals surface area contributed by atoms with Crippen molar-refractivity contribution >= 4 is 45.3 Å². The molecule has 1 aliphatic carbocycles. The van der Waals surface area contributed by atoms with E-state index in [9.17, 15) is 13.2 Å². The standard InChI is InChI=1S/C28H33ClF3N5S/c1-38(25-11-13-36(14-12-25)23-9-6-21(30)7-10-23)37(24-4-2-3-20(29)15-24)18-22-8-5-19(17-33-22)26-16-27(28(31)32)35-34-26/h2-5,8,15,17,21,23,25,28H,1,6-7,9-14,16,18H2. The second kappa shape index (κ2) is 12.3. The van der Waals surface area contributed by atoms with Crippen molar-refractivity contribution in [3.05, 3.63) is 58.9 Å². The van der Waals surface area contributed by atoms with Crippen LogP contribution >= 0.6 is 22.3 Å². The first-order valence-electron chi connectivity index (χ1n) is 13.2. The van der Waals surface area contributed by atoms with Gasteiger partial charge in [-0.3, -0.25) is 4.98 Å². The van der Waals surface area contributed by atoms with Crippen LogP contribution in [-0.2, 0) is 6.54 Å². The van der Waals surface area contributed by atoms with Crippen molar-refractivity contribution in [3.8, 4) is 0 Å². The summed E-state index contributed by atoms with van der Waals surface area (Å²) < 4.78 is 41.8. The first-order chi connectivity index (χ1) is 18.4. The van der Waals surface area contributed by atoms with Crippen molar-refractivity contribution in [2.24, 2.45) is 10.2 Å². The average Bonchev–Trinajstić information content (AvgIpc) is 3.43. The number of nitrogens with zero attached hydrogens (tertiary/aromatic N) is 5. The highest BCUT2D eigenvalue weighted by Crippen LogP contribution is 2.39. The highest BCUT2D eigenvalue weighted by Gasteiger charge is 2.31. The van der Waals surface area contributed by atoms with E-state index >= 15 is 0 Å². The summed E-state index contributed by atoms with van der Waals surface area (Å²) in [7, 11) is -0.324. The quantitative estimate of drug-likeness (QED) is 0.328. The van der Waals surface area contributed by atoms with Gasteiger partial charge in [0.15, 0.2) is 0 Å². The summed E-state index contributed by atoms with van der Waals surface area (Å²) in [6, 6.07) is 12.1. The first kappa shape index (κ1) is 27.3. The minimum atomic E-state index is -2.60. The Balaban J connectivity index is 1.26. The number of hydrogen-bond donors (Lipinski definition) is 0. The van der Waals surface area contributed by atoms with Gasteiger partial charge >= 0.3 is 0 Å². The summed E-state index contributed by atoms with van der Waals surface area (Å²) in [6.45, 7) is 2.60. The van der Waals surface area contributed by atoms with Crippen molar-refractivity contribution in [1.29, 1.82) is 0 Å². The third-order valence-electron chi connectivity index (χ3n) is 7.75. The Labute approximate surface area is 229 Å². The van der Waals surface area contributed by atoms with Crippen molar-refractivity contribution in [2.45, 2.75) is 75.4 Å². The number of rotatable bonds is 8. The number of anilines is 1. The van der Waals surface area contributed by atoms with E-state index in [1.54, 1.807) is 6.20 Å². The molecule has 0 spiro atoms. The molecule has 10 heteroatoms. The Hall–Kier alpha value is -2.23. The molecule has 1 unspecified atom stereocenters. The van der Waals surface area contributed by atoms with Crippen LogP contribution in [0.25, 0.3) is 0 Å². The number of alkyl halides is 3. The second-order valence-corrected chi connectivity index (χ2v) is 12.6. The van der Waals surface area contributed by atoms with E-state index in [1.807, 2.05) is 36.4 Å². The van der Waals surface area contributed by atoms with Crippen molar-refractivity contribution in [2.75, 3.05) is 17.4 Å². The van der Waals surface area contributed by atoms with Crippen LogP contribution in [0.3, 0.4) is 0 Å². The van der Waals surface area contributed by atoms with Gasteiger partial charge in [-0.25, -0.2) is 13.2 Å². The smallest absolute Gasteiger partial charge is 0.278 e. The number of pyridine rings is 1. The second-order valence-electron chi connectivity index (χ2n) is 10.2. The average molecular weight is 564 g/mol. The minimum absolute atomic E-state index is 0.0452. The number of benzene rings is 1. The highest BCUT2D eigenvalue weighted by molar-refractivity contribution is 8.15. The van der Waals surface area contributed by atoms with Gasteiger partial charge < -0.3 is 9.21 Å². The zero-order chi connectivity index (χ0) is 26.6. The number of halogens is 4. The van der Waals surface area contributed by atoms with Crippen LogP contribution in [0, 0.1) is 0 Å². The van der Waals surface area contributed by atoms with Gasteiger partial charge in [-0.05, 0) is 81.9 Å². The molecule has 0 bridgehead atoms. The third-order valence-corrected chi connectivity index (χ3v) is 10.1. The summed E-state index contributed by atoms with van der Waals surface area (Å²) in [6.07, 6.45) is 3.90. The maximum absolute atomic E-state index is 13.6. The van der Waals surface area contributed by atoms with E-state index in [-0.39, 0.29) is 22.8 Å². The zero-order valence-corrected chi connectivity index (χ0v) is 22.9. The van der Waals surface area contributed by atoms with Crippen LogP contribution in [0.1, 0.15) is 56.2 Å². The Morgan fingerprint density at radius 2 is 1.82 bits per heavy atom. The lowest BCUT2D eigenvalue weighted by Gasteiger charge is -2.42. The Kier molecular flexibility index (Phi) is 8.85. The van der Waals surface area contributed by atoms with Crippen LogP contribution < -0.4 is 4.31 Å². The number of piperidine rings is 1. The molecule has 204 valence electrons. The molecule has 3 heterocycles. The SMILES string of the molecule is C=S(C1CCN(C2CCC(F)CC2)CC1)N(Cc1ccc(C2=NN=C(C(F)F)C2)cn1)c1cccc(Cl)c1. The number of aromatic nitrogens is 1. The van der Waals surface area contributed by atoms with E-state index in [0.717, 1.165) is 50.2 Å². The van der Waals surface area contributed by atoms with E-state index in [2.05, 4.69) is 30.3 Å². The Morgan fingerprint density at radius 3 is 2.45 bits per heavy atom. The predicted octanol–water partition coefficient (Wildman–Crippen LogP) is 6.92. The van der Waals surface area contributed by atoms with E-state index in [1.165, 1.54) is 0 Å². The molecule has 2 aliphatic heterocycles. The number of hydrogen-bond acceptors (Lipinski definition) is 5. The van der Waals surface area contributed by atoms with Gasteiger partial charge in [0, 0.05) is 40.2 Å². The van der Waals surface area contributed by atoms with Crippen LogP contribution in [0.4, 0.5) is 18.9 Å². The molecule has 1 atom stereocenters. The molecule has 2 fully saturated rings. The van der Waals surface area contributed by atoms with Crippen LogP contribution in [-0.4, -0.2) is 64.2 Å². The molecule has 5 rings (SSSR count). The van der Waals surface area contributed by atoms with E-state index < -0.39 is 12.6 Å². The van der Waals surface area contributed by atoms with Crippen LogP contribution in [0.15, 0.2) is 52.8 Å².